The molecule has 0 aromatic heterocycles. The van der Waals surface area contributed by atoms with Crippen LogP contribution in [0.2, 0.25) is 0 Å². The molecule has 0 spiro atoms. The predicted octanol–water partition coefficient (Wildman–Crippen LogP) is -0.747. The molecule has 20 heavy (non-hydrogen) atoms. The van der Waals surface area contributed by atoms with E-state index in [-0.39, 0.29) is 18.4 Å². The minimum atomic E-state index is -3.33. The Kier molecular flexibility index (Phi) is 5.94. The lowest BCUT2D eigenvalue weighted by Crippen LogP contribution is -2.45. The summed E-state index contributed by atoms with van der Waals surface area (Å²) in [5.41, 5.74) is 0. The number of rotatable bonds is 5. The summed E-state index contributed by atoms with van der Waals surface area (Å²) in [4.78, 5) is 24.5. The molecule has 1 aliphatic rings. The van der Waals surface area contributed by atoms with Crippen molar-refractivity contribution in [1.82, 2.24) is 14.5 Å². The van der Waals surface area contributed by atoms with Crippen LogP contribution in [0.4, 0.5) is 0 Å². The number of nitrogens with one attached hydrogen (secondary N) is 1. The monoisotopic (exact) mass is 305 g/mol. The summed E-state index contributed by atoms with van der Waals surface area (Å²) in [6.07, 6.45) is 2.74. The number of carbonyl (C=O) groups is 2. The maximum Gasteiger partial charge on any atom is 0.237 e. The molecule has 7 nitrogen and oxygen atoms in total. The lowest BCUT2D eigenvalue weighted by Gasteiger charge is -2.32. The highest BCUT2D eigenvalue weighted by Crippen LogP contribution is 2.16. The second-order valence-corrected chi connectivity index (χ2v) is 7.37. The van der Waals surface area contributed by atoms with Crippen molar-refractivity contribution in [1.29, 1.82) is 0 Å². The first kappa shape index (κ1) is 16.9. The van der Waals surface area contributed by atoms with Gasteiger partial charge in [-0.25, -0.2) is 8.42 Å². The van der Waals surface area contributed by atoms with Crippen molar-refractivity contribution < 1.29 is 18.0 Å². The largest absolute Gasteiger partial charge is 0.356 e. The summed E-state index contributed by atoms with van der Waals surface area (Å²) in [6, 6.07) is 0. The van der Waals surface area contributed by atoms with Crippen LogP contribution in [-0.4, -0.2) is 68.9 Å². The molecule has 2 amide bonds. The van der Waals surface area contributed by atoms with Crippen LogP contribution >= 0.6 is 0 Å². The van der Waals surface area contributed by atoms with Gasteiger partial charge >= 0.3 is 0 Å². The first-order valence-corrected chi connectivity index (χ1v) is 8.48. The summed E-state index contributed by atoms with van der Waals surface area (Å²) in [7, 11) is -1.93. The third-order valence-corrected chi connectivity index (χ3v) is 4.79. The van der Waals surface area contributed by atoms with E-state index in [0.29, 0.717) is 25.6 Å². The summed E-state index contributed by atoms with van der Waals surface area (Å²) in [5.74, 6) is 0.171. The number of sulfonamides is 1. The molecule has 0 aliphatic carbocycles. The van der Waals surface area contributed by atoms with Crippen LogP contribution in [-0.2, 0) is 19.6 Å². The fraction of sp³-hybridized carbons (Fsp3) is 0.833. The number of hydrogen-bond acceptors (Lipinski definition) is 4. The normalized spacial score (nSPS) is 17.3. The maximum absolute atomic E-state index is 12.0. The van der Waals surface area contributed by atoms with Crippen LogP contribution in [0.25, 0.3) is 0 Å². The van der Waals surface area contributed by atoms with Gasteiger partial charge in [-0.2, -0.15) is 4.31 Å². The Morgan fingerprint density at radius 1 is 1.30 bits per heavy atom. The molecule has 1 saturated heterocycles. The van der Waals surface area contributed by atoms with Gasteiger partial charge in [0.2, 0.25) is 21.8 Å². The number of piperidine rings is 1. The summed E-state index contributed by atoms with van der Waals surface area (Å²) in [6.45, 7) is 3.23. The van der Waals surface area contributed by atoms with Crippen molar-refractivity contribution in [3.8, 4) is 0 Å². The molecule has 116 valence electrons. The molecule has 1 fully saturated rings. The van der Waals surface area contributed by atoms with E-state index in [1.165, 1.54) is 14.0 Å². The highest BCUT2D eigenvalue weighted by molar-refractivity contribution is 7.88. The predicted molar refractivity (Wildman–Crippen MR) is 75.5 cm³/mol. The summed E-state index contributed by atoms with van der Waals surface area (Å²) in [5, 5.41) is 2.78. The van der Waals surface area contributed by atoms with Crippen molar-refractivity contribution >= 4 is 21.8 Å². The zero-order valence-corrected chi connectivity index (χ0v) is 13.1. The van der Waals surface area contributed by atoms with E-state index in [1.54, 1.807) is 4.90 Å². The molecule has 1 heterocycles. The zero-order chi connectivity index (χ0) is 15.3. The van der Waals surface area contributed by atoms with Crippen molar-refractivity contribution in [2.75, 3.05) is 39.5 Å². The lowest BCUT2D eigenvalue weighted by molar-refractivity contribution is -0.132. The molecular formula is C12H23N3O4S. The molecular weight excluding hydrogens is 282 g/mol. The van der Waals surface area contributed by atoms with Crippen molar-refractivity contribution in [3.05, 3.63) is 0 Å². The Labute approximate surface area is 120 Å². The van der Waals surface area contributed by atoms with E-state index >= 15 is 0 Å². The van der Waals surface area contributed by atoms with Crippen molar-refractivity contribution in [2.24, 2.45) is 5.92 Å². The van der Waals surface area contributed by atoms with Gasteiger partial charge in [-0.1, -0.05) is 0 Å². The van der Waals surface area contributed by atoms with Crippen LogP contribution in [0.15, 0.2) is 0 Å². The number of likely N-dealkylation sites (N-methyl/N-ethyl adjacent to an activating group) is 1. The van der Waals surface area contributed by atoms with Gasteiger partial charge in [-0.3, -0.25) is 9.59 Å². The van der Waals surface area contributed by atoms with Crippen LogP contribution in [0.5, 0.6) is 0 Å². The Balaban J connectivity index is 2.37. The molecule has 1 aliphatic heterocycles. The van der Waals surface area contributed by atoms with Gasteiger partial charge < -0.3 is 10.2 Å². The molecule has 0 bridgehead atoms. The minimum absolute atomic E-state index is 0.0433. The van der Waals surface area contributed by atoms with Gasteiger partial charge in [0.05, 0.1) is 12.8 Å². The van der Waals surface area contributed by atoms with E-state index in [9.17, 15) is 18.0 Å². The smallest absolute Gasteiger partial charge is 0.237 e. The molecule has 0 saturated carbocycles. The van der Waals surface area contributed by atoms with Crippen LogP contribution in [0, 0.1) is 5.92 Å². The molecule has 0 radical (unpaired) electrons. The molecule has 0 atom stereocenters. The fourth-order valence-electron chi connectivity index (χ4n) is 2.08. The van der Waals surface area contributed by atoms with E-state index in [2.05, 4.69) is 5.32 Å². The van der Waals surface area contributed by atoms with Crippen LogP contribution < -0.4 is 5.32 Å². The van der Waals surface area contributed by atoms with Gasteiger partial charge in [0.15, 0.2) is 0 Å². The van der Waals surface area contributed by atoms with Crippen molar-refractivity contribution in [3.63, 3.8) is 0 Å². The number of amides is 2. The Morgan fingerprint density at radius 3 is 2.30 bits per heavy atom. The van der Waals surface area contributed by atoms with Crippen LogP contribution in [0.3, 0.4) is 0 Å². The molecule has 0 aromatic carbocycles. The van der Waals surface area contributed by atoms with Gasteiger partial charge in [-0.05, 0) is 18.8 Å². The lowest BCUT2D eigenvalue weighted by atomic mass is 9.97. The van der Waals surface area contributed by atoms with Crippen LogP contribution in [0.1, 0.15) is 19.8 Å². The molecule has 0 aromatic rings. The first-order chi connectivity index (χ1) is 9.20. The Morgan fingerprint density at radius 2 is 1.85 bits per heavy atom. The minimum Gasteiger partial charge on any atom is -0.356 e. The third kappa shape index (κ3) is 5.46. The van der Waals surface area contributed by atoms with Gasteiger partial charge in [0.25, 0.3) is 0 Å². The number of carbonyl (C=O) groups excluding carboxylic acids is 2. The molecule has 1 rings (SSSR count). The van der Waals surface area contributed by atoms with E-state index in [1.807, 2.05) is 0 Å². The number of nitrogens with zero attached hydrogens (tertiary/aromatic N) is 2. The van der Waals surface area contributed by atoms with E-state index in [4.69, 9.17) is 0 Å². The molecule has 8 heteroatoms. The number of hydrogen-bond donors (Lipinski definition) is 1. The number of likely N-dealkylation sites (tertiary alicyclic amines) is 1. The summed E-state index contributed by atoms with van der Waals surface area (Å²) >= 11 is 0. The second kappa shape index (κ2) is 7.03. The fourth-order valence-corrected chi connectivity index (χ4v) is 2.43. The van der Waals surface area contributed by atoms with Gasteiger partial charge in [0, 0.05) is 33.6 Å². The summed E-state index contributed by atoms with van der Waals surface area (Å²) < 4.78 is 23.6. The Hall–Kier alpha value is -1.15. The van der Waals surface area contributed by atoms with E-state index in [0.717, 1.165) is 23.4 Å². The second-order valence-electron chi connectivity index (χ2n) is 5.28. The average Bonchev–Trinajstić information content (AvgIpc) is 2.35. The van der Waals surface area contributed by atoms with Crippen molar-refractivity contribution in [2.45, 2.75) is 19.8 Å². The zero-order valence-electron chi connectivity index (χ0n) is 12.3. The highest BCUT2D eigenvalue weighted by atomic mass is 32.2. The molecule has 0 unspecified atom stereocenters. The quantitative estimate of drug-likeness (QED) is 0.724. The third-order valence-electron chi connectivity index (χ3n) is 3.53. The first-order valence-electron chi connectivity index (χ1n) is 6.63. The average molecular weight is 305 g/mol. The standard InChI is InChI=1S/C12H23N3O4S/c1-10(16)13-8-11-4-6-15(7-5-11)12(17)9-14(2)20(3,18)19/h11H,4-9H2,1-3H3,(H,13,16). The van der Waals surface area contributed by atoms with E-state index < -0.39 is 10.0 Å². The Bertz CT molecular complexity index is 455. The van der Waals surface area contributed by atoms with Gasteiger partial charge in [0.1, 0.15) is 0 Å². The topological polar surface area (TPSA) is 86.8 Å². The maximum atomic E-state index is 12.0. The highest BCUT2D eigenvalue weighted by Gasteiger charge is 2.25. The SMILES string of the molecule is CC(=O)NCC1CCN(C(=O)CN(C)S(C)(=O)=O)CC1. The van der Waals surface area contributed by atoms with Gasteiger partial charge in [-0.15, -0.1) is 0 Å². The molecule has 1 N–H and O–H groups in total.